The highest BCUT2D eigenvalue weighted by Gasteiger charge is 2.59. The molecule has 0 aromatic heterocycles. The summed E-state index contributed by atoms with van der Waals surface area (Å²) in [7, 11) is 0. The highest BCUT2D eigenvalue weighted by molar-refractivity contribution is 5.06. The van der Waals surface area contributed by atoms with E-state index in [-0.39, 0.29) is 0 Å². The molecule has 2 aliphatic rings. The van der Waals surface area contributed by atoms with Crippen molar-refractivity contribution in [3.63, 3.8) is 0 Å². The molecule has 0 spiro atoms. The van der Waals surface area contributed by atoms with Gasteiger partial charge in [0.2, 0.25) is 0 Å². The molecule has 1 aliphatic carbocycles. The lowest BCUT2D eigenvalue weighted by Crippen LogP contribution is -2.18. The Labute approximate surface area is 69.1 Å². The molecule has 0 N–H and O–H groups in total. The van der Waals surface area contributed by atoms with Crippen LogP contribution in [0.3, 0.4) is 0 Å². The Morgan fingerprint density at radius 3 is 2.27 bits per heavy atom. The Morgan fingerprint density at radius 1 is 1.27 bits per heavy atom. The van der Waals surface area contributed by atoms with Crippen LogP contribution in [0.25, 0.3) is 0 Å². The van der Waals surface area contributed by atoms with Crippen LogP contribution in [0.2, 0.25) is 0 Å². The van der Waals surface area contributed by atoms with Crippen LogP contribution in [0.4, 0.5) is 0 Å². The molecule has 11 heavy (non-hydrogen) atoms. The minimum Gasteiger partial charge on any atom is -0.381 e. The molecule has 0 amide bonds. The van der Waals surface area contributed by atoms with Gasteiger partial charge in [-0.15, -0.1) is 0 Å². The maximum atomic E-state index is 5.38. The molecule has 2 rings (SSSR count). The van der Waals surface area contributed by atoms with Gasteiger partial charge in [-0.2, -0.15) is 0 Å². The first kappa shape index (κ1) is 7.60. The highest BCUT2D eigenvalue weighted by Crippen LogP contribution is 2.60. The summed E-state index contributed by atoms with van der Waals surface area (Å²) in [6.07, 6.45) is 1.31. The van der Waals surface area contributed by atoms with Gasteiger partial charge in [0.1, 0.15) is 0 Å². The highest BCUT2D eigenvalue weighted by atomic mass is 16.5. The predicted octanol–water partition coefficient (Wildman–Crippen LogP) is 2.32. The minimum absolute atomic E-state index is 0.569. The summed E-state index contributed by atoms with van der Waals surface area (Å²) in [5.41, 5.74) is 0.569. The average Bonchev–Trinajstić information content (AvgIpc) is 2.49. The standard InChI is InChI=1S/C10H18O/c1-4-10(2,3)9-7-5-11-6-8(7)9/h7-9H,4-6H2,1-3H3. The van der Waals surface area contributed by atoms with E-state index in [2.05, 4.69) is 20.8 Å². The van der Waals surface area contributed by atoms with E-state index >= 15 is 0 Å². The van der Waals surface area contributed by atoms with E-state index in [1.54, 1.807) is 0 Å². The number of rotatable bonds is 2. The first-order chi connectivity index (χ1) is 5.17. The van der Waals surface area contributed by atoms with Crippen LogP contribution in [-0.2, 0) is 4.74 Å². The molecule has 1 heterocycles. The Kier molecular flexibility index (Phi) is 1.54. The van der Waals surface area contributed by atoms with Gasteiger partial charge in [-0.3, -0.25) is 0 Å². The lowest BCUT2D eigenvalue weighted by Gasteiger charge is -2.24. The van der Waals surface area contributed by atoms with Gasteiger partial charge < -0.3 is 4.74 Å². The van der Waals surface area contributed by atoms with Crippen molar-refractivity contribution in [1.29, 1.82) is 0 Å². The summed E-state index contributed by atoms with van der Waals surface area (Å²) >= 11 is 0. The summed E-state index contributed by atoms with van der Waals surface area (Å²) in [4.78, 5) is 0. The molecule has 64 valence electrons. The zero-order valence-corrected chi connectivity index (χ0v) is 7.76. The molecule has 2 atom stereocenters. The van der Waals surface area contributed by atoms with E-state index < -0.39 is 0 Å². The van der Waals surface area contributed by atoms with Crippen LogP contribution in [0, 0.1) is 23.2 Å². The van der Waals surface area contributed by atoms with E-state index in [0.717, 1.165) is 31.0 Å². The zero-order valence-electron chi connectivity index (χ0n) is 7.76. The van der Waals surface area contributed by atoms with E-state index in [9.17, 15) is 0 Å². The molecular weight excluding hydrogens is 136 g/mol. The summed E-state index contributed by atoms with van der Waals surface area (Å²) < 4.78 is 5.38. The van der Waals surface area contributed by atoms with Crippen molar-refractivity contribution < 1.29 is 4.74 Å². The third-order valence-electron chi connectivity index (χ3n) is 3.77. The first-order valence-electron chi connectivity index (χ1n) is 4.74. The fraction of sp³-hybridized carbons (Fsp3) is 1.00. The number of ether oxygens (including phenoxy) is 1. The van der Waals surface area contributed by atoms with Crippen LogP contribution in [0.1, 0.15) is 27.2 Å². The maximum Gasteiger partial charge on any atom is 0.0501 e. The second-order valence-electron chi connectivity index (χ2n) is 4.73. The van der Waals surface area contributed by atoms with Crippen molar-refractivity contribution in [2.45, 2.75) is 27.2 Å². The van der Waals surface area contributed by atoms with E-state index in [1.807, 2.05) is 0 Å². The quantitative estimate of drug-likeness (QED) is 0.593. The second kappa shape index (κ2) is 2.22. The minimum atomic E-state index is 0.569. The van der Waals surface area contributed by atoms with E-state index in [1.165, 1.54) is 6.42 Å². The molecule has 0 radical (unpaired) electrons. The van der Waals surface area contributed by atoms with Gasteiger partial charge in [-0.25, -0.2) is 0 Å². The number of fused-ring (bicyclic) bond motifs is 1. The van der Waals surface area contributed by atoms with Gasteiger partial charge in [0.05, 0.1) is 13.2 Å². The van der Waals surface area contributed by atoms with Crippen molar-refractivity contribution in [3.05, 3.63) is 0 Å². The van der Waals surface area contributed by atoms with Gasteiger partial charge in [-0.1, -0.05) is 27.2 Å². The lowest BCUT2D eigenvalue weighted by molar-refractivity contribution is 0.118. The number of hydrogen-bond acceptors (Lipinski definition) is 1. The molecule has 2 fully saturated rings. The Balaban J connectivity index is 1.99. The zero-order chi connectivity index (χ0) is 8.06. The first-order valence-corrected chi connectivity index (χ1v) is 4.74. The third-order valence-corrected chi connectivity index (χ3v) is 3.77. The molecule has 2 unspecified atom stereocenters. The molecule has 1 saturated heterocycles. The molecule has 0 aromatic rings. The fourth-order valence-electron chi connectivity index (χ4n) is 2.63. The van der Waals surface area contributed by atoms with Gasteiger partial charge in [-0.05, 0) is 23.2 Å². The predicted molar refractivity (Wildman–Crippen MR) is 45.4 cm³/mol. The lowest BCUT2D eigenvalue weighted by atomic mass is 9.82. The summed E-state index contributed by atoms with van der Waals surface area (Å²) in [5, 5.41) is 0. The molecule has 0 bridgehead atoms. The van der Waals surface area contributed by atoms with Crippen LogP contribution < -0.4 is 0 Å². The van der Waals surface area contributed by atoms with Crippen LogP contribution in [0.15, 0.2) is 0 Å². The Hall–Kier alpha value is -0.0400. The third kappa shape index (κ3) is 1.01. The van der Waals surface area contributed by atoms with Crippen LogP contribution >= 0.6 is 0 Å². The molecule has 1 nitrogen and oxygen atoms in total. The summed E-state index contributed by atoms with van der Waals surface area (Å²) in [6.45, 7) is 9.18. The van der Waals surface area contributed by atoms with Gasteiger partial charge in [0.25, 0.3) is 0 Å². The molecule has 1 aliphatic heterocycles. The van der Waals surface area contributed by atoms with Gasteiger partial charge >= 0.3 is 0 Å². The summed E-state index contributed by atoms with van der Waals surface area (Å²) in [6, 6.07) is 0. The van der Waals surface area contributed by atoms with Gasteiger partial charge in [0.15, 0.2) is 0 Å². The maximum absolute atomic E-state index is 5.38. The Bertz CT molecular complexity index is 152. The molecular formula is C10H18O. The van der Waals surface area contributed by atoms with Crippen molar-refractivity contribution in [2.24, 2.45) is 23.2 Å². The van der Waals surface area contributed by atoms with E-state index in [0.29, 0.717) is 5.41 Å². The molecule has 1 saturated carbocycles. The van der Waals surface area contributed by atoms with Crippen molar-refractivity contribution in [1.82, 2.24) is 0 Å². The fourth-order valence-corrected chi connectivity index (χ4v) is 2.63. The molecule has 0 aromatic carbocycles. The summed E-state index contributed by atoms with van der Waals surface area (Å²) in [5.74, 6) is 2.82. The smallest absolute Gasteiger partial charge is 0.0501 e. The SMILES string of the molecule is CCC(C)(C)C1C2COCC21. The van der Waals surface area contributed by atoms with Crippen molar-refractivity contribution in [3.8, 4) is 0 Å². The van der Waals surface area contributed by atoms with Crippen LogP contribution in [0.5, 0.6) is 0 Å². The largest absolute Gasteiger partial charge is 0.381 e. The average molecular weight is 154 g/mol. The molecule has 1 heteroatoms. The number of hydrogen-bond donors (Lipinski definition) is 0. The monoisotopic (exact) mass is 154 g/mol. The normalized spacial score (nSPS) is 42.3. The van der Waals surface area contributed by atoms with Crippen LogP contribution in [-0.4, -0.2) is 13.2 Å². The second-order valence-corrected chi connectivity index (χ2v) is 4.73. The van der Waals surface area contributed by atoms with Gasteiger partial charge in [0, 0.05) is 0 Å². The van der Waals surface area contributed by atoms with Crippen molar-refractivity contribution >= 4 is 0 Å². The Morgan fingerprint density at radius 2 is 1.82 bits per heavy atom. The topological polar surface area (TPSA) is 9.23 Å². The van der Waals surface area contributed by atoms with E-state index in [4.69, 9.17) is 4.74 Å². The van der Waals surface area contributed by atoms with Crippen molar-refractivity contribution in [2.75, 3.05) is 13.2 Å².